The molecule has 1 atom stereocenters. The van der Waals surface area contributed by atoms with Crippen molar-refractivity contribution in [2.45, 2.75) is 69.8 Å². The number of thioether (sulfide) groups is 1. The van der Waals surface area contributed by atoms with Crippen LogP contribution in [0.25, 0.3) is 0 Å². The lowest BCUT2D eigenvalue weighted by Gasteiger charge is -2.33. The van der Waals surface area contributed by atoms with Gasteiger partial charge in [0.05, 0.1) is 5.75 Å². The summed E-state index contributed by atoms with van der Waals surface area (Å²) in [4.78, 5) is 29.4. The van der Waals surface area contributed by atoms with Crippen LogP contribution in [0.15, 0.2) is 83.3 Å². The lowest BCUT2D eigenvalue weighted by molar-refractivity contribution is -0.139. The summed E-state index contributed by atoms with van der Waals surface area (Å²) in [6.45, 7) is 2.47. The zero-order valence-electron chi connectivity index (χ0n) is 22.1. The third-order valence-corrected chi connectivity index (χ3v) is 8.62. The van der Waals surface area contributed by atoms with E-state index >= 15 is 0 Å². The molecule has 0 spiro atoms. The fraction of sp³-hybridized carbons (Fsp3) is 0.375. The Bertz CT molecular complexity index is 1160. The maximum atomic E-state index is 13.8. The van der Waals surface area contributed by atoms with Crippen molar-refractivity contribution < 1.29 is 9.59 Å². The molecular formula is C32H37BrN2O2S. The first-order chi connectivity index (χ1) is 18.5. The summed E-state index contributed by atoms with van der Waals surface area (Å²) in [5.74, 6) is 1.03. The molecule has 38 heavy (non-hydrogen) atoms. The molecule has 1 fully saturated rings. The van der Waals surface area contributed by atoms with Gasteiger partial charge in [0.2, 0.25) is 11.8 Å². The molecule has 3 aromatic carbocycles. The fourth-order valence-electron chi connectivity index (χ4n) is 4.91. The van der Waals surface area contributed by atoms with Crippen LogP contribution >= 0.6 is 27.7 Å². The summed E-state index contributed by atoms with van der Waals surface area (Å²) >= 11 is 5.11. The van der Waals surface area contributed by atoms with Crippen LogP contribution in [-0.2, 0) is 28.3 Å². The van der Waals surface area contributed by atoms with Crippen LogP contribution in [0, 0.1) is 6.92 Å². The minimum Gasteiger partial charge on any atom is -0.352 e. The minimum absolute atomic E-state index is 0.00949. The van der Waals surface area contributed by atoms with Gasteiger partial charge in [-0.15, -0.1) is 11.8 Å². The van der Waals surface area contributed by atoms with E-state index in [1.54, 1.807) is 16.7 Å². The Morgan fingerprint density at radius 2 is 1.55 bits per heavy atom. The van der Waals surface area contributed by atoms with Crippen LogP contribution in [0.2, 0.25) is 0 Å². The molecule has 6 heteroatoms. The summed E-state index contributed by atoms with van der Waals surface area (Å²) in [5.41, 5.74) is 4.48. The minimum atomic E-state index is -0.574. The molecule has 200 valence electrons. The number of hydrogen-bond acceptors (Lipinski definition) is 3. The number of carbonyl (C=O) groups is 2. The van der Waals surface area contributed by atoms with Crippen molar-refractivity contribution in [3.63, 3.8) is 0 Å². The summed E-state index contributed by atoms with van der Waals surface area (Å²) in [6, 6.07) is 26.1. The van der Waals surface area contributed by atoms with Crippen molar-refractivity contribution >= 4 is 39.5 Å². The van der Waals surface area contributed by atoms with Gasteiger partial charge in [0.15, 0.2) is 0 Å². The number of aryl methyl sites for hydroxylation is 1. The highest BCUT2D eigenvalue weighted by Crippen LogP contribution is 2.22. The van der Waals surface area contributed by atoms with Crippen molar-refractivity contribution in [1.29, 1.82) is 0 Å². The molecule has 3 aromatic rings. The van der Waals surface area contributed by atoms with Gasteiger partial charge in [-0.2, -0.15) is 0 Å². The number of carbonyl (C=O) groups excluding carboxylic acids is 2. The molecule has 2 amide bonds. The second kappa shape index (κ2) is 14.5. The van der Waals surface area contributed by atoms with Crippen molar-refractivity contribution in [3.05, 3.63) is 106 Å². The molecule has 4 nitrogen and oxygen atoms in total. The van der Waals surface area contributed by atoms with Crippen LogP contribution in [0.4, 0.5) is 0 Å². The van der Waals surface area contributed by atoms with Gasteiger partial charge in [-0.05, 0) is 48.6 Å². The SMILES string of the molecule is Cc1ccc(CSCC(=O)N(Cc2ccc(Br)cc2)[C@H](Cc2ccccc2)C(=O)NC2CCCCC2)cc1. The van der Waals surface area contributed by atoms with E-state index in [1.807, 2.05) is 54.6 Å². The Hall–Kier alpha value is -2.57. The largest absolute Gasteiger partial charge is 0.352 e. The molecule has 0 radical (unpaired) electrons. The first-order valence-electron chi connectivity index (χ1n) is 13.5. The van der Waals surface area contributed by atoms with E-state index in [2.05, 4.69) is 52.4 Å². The summed E-state index contributed by atoms with van der Waals surface area (Å²) in [7, 11) is 0. The molecule has 0 saturated heterocycles. The number of rotatable bonds is 11. The topological polar surface area (TPSA) is 49.4 Å². The quantitative estimate of drug-likeness (QED) is 0.259. The van der Waals surface area contributed by atoms with Crippen molar-refractivity contribution in [2.24, 2.45) is 0 Å². The highest BCUT2D eigenvalue weighted by Gasteiger charge is 2.31. The summed E-state index contributed by atoms with van der Waals surface area (Å²) in [5, 5.41) is 3.31. The van der Waals surface area contributed by atoms with Crippen molar-refractivity contribution in [1.82, 2.24) is 10.2 Å². The molecule has 1 aliphatic carbocycles. The van der Waals surface area contributed by atoms with Crippen LogP contribution in [0.5, 0.6) is 0 Å². The maximum absolute atomic E-state index is 13.8. The Balaban J connectivity index is 1.55. The number of amides is 2. The Kier molecular flexibility index (Phi) is 10.9. The van der Waals surface area contributed by atoms with Crippen LogP contribution in [0.1, 0.15) is 54.4 Å². The lowest BCUT2D eigenvalue weighted by atomic mass is 9.94. The zero-order valence-corrected chi connectivity index (χ0v) is 24.5. The Morgan fingerprint density at radius 3 is 2.24 bits per heavy atom. The number of nitrogens with one attached hydrogen (secondary N) is 1. The van der Waals surface area contributed by atoms with Gasteiger partial charge in [-0.25, -0.2) is 0 Å². The van der Waals surface area contributed by atoms with E-state index in [1.165, 1.54) is 17.5 Å². The van der Waals surface area contributed by atoms with Crippen LogP contribution < -0.4 is 5.32 Å². The lowest BCUT2D eigenvalue weighted by Crippen LogP contribution is -2.53. The first-order valence-corrected chi connectivity index (χ1v) is 15.4. The average molecular weight is 594 g/mol. The van der Waals surface area contributed by atoms with E-state index in [0.717, 1.165) is 47.0 Å². The van der Waals surface area contributed by atoms with Gasteiger partial charge in [0.25, 0.3) is 0 Å². The van der Waals surface area contributed by atoms with Crippen LogP contribution in [0.3, 0.4) is 0 Å². The second-order valence-electron chi connectivity index (χ2n) is 10.2. The predicted octanol–water partition coefficient (Wildman–Crippen LogP) is 7.08. The Labute approximate surface area is 239 Å². The van der Waals surface area contributed by atoms with E-state index < -0.39 is 6.04 Å². The van der Waals surface area contributed by atoms with Crippen LogP contribution in [-0.4, -0.2) is 34.6 Å². The van der Waals surface area contributed by atoms with Gasteiger partial charge < -0.3 is 10.2 Å². The molecule has 1 N–H and O–H groups in total. The fourth-order valence-corrected chi connectivity index (χ4v) is 6.04. The molecule has 1 saturated carbocycles. The summed E-state index contributed by atoms with van der Waals surface area (Å²) in [6.07, 6.45) is 6.03. The molecule has 0 unspecified atom stereocenters. The smallest absolute Gasteiger partial charge is 0.243 e. The third kappa shape index (κ3) is 8.74. The zero-order chi connectivity index (χ0) is 26.7. The first kappa shape index (κ1) is 28.4. The maximum Gasteiger partial charge on any atom is 0.243 e. The number of benzene rings is 3. The standard InChI is InChI=1S/C32H37BrN2O2S/c1-24-12-14-27(15-13-24)22-38-23-31(36)35(21-26-16-18-28(33)19-17-26)30(20-25-8-4-2-5-9-25)32(37)34-29-10-6-3-7-11-29/h2,4-5,8-9,12-19,29-30H,3,6-7,10-11,20-23H2,1H3,(H,34,37)/t30-/m1/s1. The number of halogens is 1. The highest BCUT2D eigenvalue weighted by atomic mass is 79.9. The summed E-state index contributed by atoms with van der Waals surface area (Å²) < 4.78 is 0.989. The molecule has 0 aliphatic heterocycles. The van der Waals surface area contributed by atoms with Crippen molar-refractivity contribution in [3.8, 4) is 0 Å². The van der Waals surface area contributed by atoms with E-state index in [0.29, 0.717) is 18.7 Å². The van der Waals surface area contributed by atoms with E-state index in [4.69, 9.17) is 0 Å². The van der Waals surface area contributed by atoms with Gasteiger partial charge >= 0.3 is 0 Å². The third-order valence-electron chi connectivity index (χ3n) is 7.10. The molecule has 4 rings (SSSR count). The van der Waals surface area contributed by atoms with Gasteiger partial charge in [-0.3, -0.25) is 9.59 Å². The number of nitrogens with zero attached hydrogens (tertiary/aromatic N) is 1. The predicted molar refractivity (Wildman–Crippen MR) is 161 cm³/mol. The normalized spacial score (nSPS) is 14.6. The van der Waals surface area contributed by atoms with Gasteiger partial charge in [0.1, 0.15) is 6.04 Å². The van der Waals surface area contributed by atoms with Gasteiger partial charge in [-0.1, -0.05) is 107 Å². The molecular weight excluding hydrogens is 556 g/mol. The van der Waals surface area contributed by atoms with Crippen molar-refractivity contribution in [2.75, 3.05) is 5.75 Å². The van der Waals surface area contributed by atoms with Gasteiger partial charge in [0, 0.05) is 29.2 Å². The molecule has 0 aromatic heterocycles. The van der Waals surface area contributed by atoms with E-state index in [-0.39, 0.29) is 17.9 Å². The molecule has 0 bridgehead atoms. The molecule has 1 aliphatic rings. The Morgan fingerprint density at radius 1 is 0.895 bits per heavy atom. The average Bonchev–Trinajstić information content (AvgIpc) is 2.94. The second-order valence-corrected chi connectivity index (χ2v) is 12.1. The highest BCUT2D eigenvalue weighted by molar-refractivity contribution is 9.10. The monoisotopic (exact) mass is 592 g/mol. The molecule has 0 heterocycles. The van der Waals surface area contributed by atoms with E-state index in [9.17, 15) is 9.59 Å². The number of hydrogen-bond donors (Lipinski definition) is 1.